The van der Waals surface area contributed by atoms with Gasteiger partial charge < -0.3 is 0 Å². The summed E-state index contributed by atoms with van der Waals surface area (Å²) >= 11 is 1.96. The van der Waals surface area contributed by atoms with Crippen LogP contribution in [0, 0.1) is 3.57 Å². The Bertz CT molecular complexity index is 511. The Morgan fingerprint density at radius 3 is 2.80 bits per heavy atom. The van der Waals surface area contributed by atoms with Gasteiger partial charge in [-0.1, -0.05) is 0 Å². The van der Waals surface area contributed by atoms with Gasteiger partial charge in [-0.2, -0.15) is 0 Å². The van der Waals surface area contributed by atoms with Crippen LogP contribution in [0.2, 0.25) is 0 Å². The smallest absolute Gasteiger partial charge is 0.267 e. The van der Waals surface area contributed by atoms with E-state index >= 15 is 0 Å². The molecule has 15 heavy (non-hydrogen) atoms. The fourth-order valence-corrected chi connectivity index (χ4v) is 1.57. The highest BCUT2D eigenvalue weighted by Gasteiger charge is 2.02. The summed E-state index contributed by atoms with van der Waals surface area (Å²) < 4.78 is 2.07. The summed E-state index contributed by atoms with van der Waals surface area (Å²) in [5.74, 6) is 0.600. The zero-order valence-electron chi connectivity index (χ0n) is 7.67. The predicted molar refractivity (Wildman–Crippen MR) is 62.3 cm³/mol. The van der Waals surface area contributed by atoms with Crippen LogP contribution >= 0.6 is 22.6 Å². The topological polar surface area (TPSA) is 60.7 Å². The Morgan fingerprint density at radius 2 is 2.07 bits per heavy atom. The molecule has 2 aromatic heterocycles. The standard InChI is InChI=1S/C9H7IN4O/c10-7-4-11-6-14(9(7)15)5-8-12-2-1-3-13-8/h1-4,6H,5H2. The van der Waals surface area contributed by atoms with E-state index in [2.05, 4.69) is 15.0 Å². The summed E-state index contributed by atoms with van der Waals surface area (Å²) in [6, 6.07) is 1.74. The molecule has 0 aliphatic heterocycles. The molecule has 6 heteroatoms. The molecule has 0 atom stereocenters. The first-order valence-electron chi connectivity index (χ1n) is 4.23. The lowest BCUT2D eigenvalue weighted by molar-refractivity contribution is 0.692. The minimum atomic E-state index is -0.0712. The Kier molecular flexibility index (Phi) is 3.05. The van der Waals surface area contributed by atoms with Gasteiger partial charge in [-0.25, -0.2) is 15.0 Å². The monoisotopic (exact) mass is 314 g/mol. The van der Waals surface area contributed by atoms with E-state index in [0.717, 1.165) is 0 Å². The third-order valence-corrected chi connectivity index (χ3v) is 2.53. The molecule has 0 fully saturated rings. The van der Waals surface area contributed by atoms with Crippen LogP contribution in [0.4, 0.5) is 0 Å². The Morgan fingerprint density at radius 1 is 1.33 bits per heavy atom. The summed E-state index contributed by atoms with van der Waals surface area (Å²) in [4.78, 5) is 23.7. The second-order valence-corrected chi connectivity index (χ2v) is 4.00. The highest BCUT2D eigenvalue weighted by atomic mass is 127. The van der Waals surface area contributed by atoms with Crippen LogP contribution in [0.1, 0.15) is 5.82 Å². The lowest BCUT2D eigenvalue weighted by Crippen LogP contribution is -2.23. The zero-order valence-corrected chi connectivity index (χ0v) is 9.83. The highest BCUT2D eigenvalue weighted by molar-refractivity contribution is 14.1. The average molecular weight is 314 g/mol. The van der Waals surface area contributed by atoms with Gasteiger partial charge in [-0.3, -0.25) is 9.36 Å². The fourth-order valence-electron chi connectivity index (χ4n) is 1.10. The number of hydrogen-bond acceptors (Lipinski definition) is 4. The van der Waals surface area contributed by atoms with Gasteiger partial charge in [0.1, 0.15) is 5.82 Å². The number of rotatable bonds is 2. The zero-order chi connectivity index (χ0) is 10.7. The molecule has 2 heterocycles. The van der Waals surface area contributed by atoms with Crippen molar-refractivity contribution in [3.63, 3.8) is 0 Å². The normalized spacial score (nSPS) is 10.2. The molecule has 5 nitrogen and oxygen atoms in total. The number of nitrogens with zero attached hydrogens (tertiary/aromatic N) is 4. The van der Waals surface area contributed by atoms with Crippen LogP contribution in [0.15, 0.2) is 35.8 Å². The first-order valence-corrected chi connectivity index (χ1v) is 5.31. The minimum Gasteiger partial charge on any atom is -0.291 e. The average Bonchev–Trinajstić information content (AvgIpc) is 2.26. The summed E-state index contributed by atoms with van der Waals surface area (Å²) in [6.45, 7) is 0.351. The van der Waals surface area contributed by atoms with Gasteiger partial charge in [0.25, 0.3) is 5.56 Å². The van der Waals surface area contributed by atoms with Crippen molar-refractivity contribution in [1.29, 1.82) is 0 Å². The van der Waals surface area contributed by atoms with Crippen molar-refractivity contribution in [2.45, 2.75) is 6.54 Å². The van der Waals surface area contributed by atoms with E-state index in [1.165, 1.54) is 17.1 Å². The molecule has 2 rings (SSSR count). The third-order valence-electron chi connectivity index (χ3n) is 1.79. The van der Waals surface area contributed by atoms with Gasteiger partial charge in [0.05, 0.1) is 16.4 Å². The molecule has 76 valence electrons. The second-order valence-electron chi connectivity index (χ2n) is 2.84. The quantitative estimate of drug-likeness (QED) is 0.765. The maximum Gasteiger partial charge on any atom is 0.267 e. The Hall–Kier alpha value is -1.31. The van der Waals surface area contributed by atoms with Gasteiger partial charge >= 0.3 is 0 Å². The van der Waals surface area contributed by atoms with Gasteiger partial charge in [-0.05, 0) is 28.7 Å². The summed E-state index contributed by atoms with van der Waals surface area (Å²) in [5, 5.41) is 0. The first kappa shape index (κ1) is 10.2. The lowest BCUT2D eigenvalue weighted by Gasteiger charge is -2.02. The van der Waals surface area contributed by atoms with Crippen molar-refractivity contribution < 1.29 is 0 Å². The van der Waals surface area contributed by atoms with Crippen LogP contribution in [0.25, 0.3) is 0 Å². The van der Waals surface area contributed by atoms with Crippen molar-refractivity contribution in [2.24, 2.45) is 0 Å². The fraction of sp³-hybridized carbons (Fsp3) is 0.111. The second kappa shape index (κ2) is 4.47. The molecule has 0 aliphatic rings. The molecule has 0 bridgehead atoms. The molecule has 0 aliphatic carbocycles. The molecule has 0 radical (unpaired) electrons. The summed E-state index contributed by atoms with van der Waals surface area (Å²) in [6.07, 6.45) is 6.31. The Balaban J connectivity index is 2.33. The van der Waals surface area contributed by atoms with Crippen molar-refractivity contribution in [3.05, 3.63) is 50.7 Å². The van der Waals surface area contributed by atoms with Gasteiger partial charge in [0, 0.05) is 18.6 Å². The minimum absolute atomic E-state index is 0.0712. The van der Waals surface area contributed by atoms with Crippen molar-refractivity contribution in [2.75, 3.05) is 0 Å². The van der Waals surface area contributed by atoms with Crippen molar-refractivity contribution in [3.8, 4) is 0 Å². The number of halogens is 1. The maximum atomic E-state index is 11.6. The van der Waals surface area contributed by atoms with E-state index in [0.29, 0.717) is 15.9 Å². The third kappa shape index (κ3) is 2.38. The molecule has 0 N–H and O–H groups in total. The van der Waals surface area contributed by atoms with E-state index in [4.69, 9.17) is 0 Å². The molecule has 0 spiro atoms. The molecular formula is C9H7IN4O. The maximum absolute atomic E-state index is 11.6. The number of hydrogen-bond donors (Lipinski definition) is 0. The van der Waals surface area contributed by atoms with E-state index in [1.807, 2.05) is 22.6 Å². The van der Waals surface area contributed by atoms with Gasteiger partial charge in [0.2, 0.25) is 0 Å². The van der Waals surface area contributed by atoms with Gasteiger partial charge in [-0.15, -0.1) is 0 Å². The van der Waals surface area contributed by atoms with Crippen LogP contribution in [0.3, 0.4) is 0 Å². The molecule has 0 saturated heterocycles. The van der Waals surface area contributed by atoms with E-state index in [1.54, 1.807) is 18.5 Å². The largest absolute Gasteiger partial charge is 0.291 e. The molecule has 0 saturated carbocycles. The van der Waals surface area contributed by atoms with Gasteiger partial charge in [0.15, 0.2) is 0 Å². The number of aromatic nitrogens is 4. The van der Waals surface area contributed by atoms with E-state index < -0.39 is 0 Å². The summed E-state index contributed by atoms with van der Waals surface area (Å²) in [5.41, 5.74) is -0.0712. The van der Waals surface area contributed by atoms with Crippen LogP contribution in [-0.2, 0) is 6.54 Å². The Labute approximate surface area is 99.4 Å². The summed E-state index contributed by atoms with van der Waals surface area (Å²) in [7, 11) is 0. The van der Waals surface area contributed by atoms with Crippen LogP contribution in [0.5, 0.6) is 0 Å². The molecule has 0 amide bonds. The lowest BCUT2D eigenvalue weighted by atomic mass is 10.5. The van der Waals surface area contributed by atoms with E-state index in [9.17, 15) is 4.79 Å². The highest BCUT2D eigenvalue weighted by Crippen LogP contribution is 1.95. The predicted octanol–water partition coefficient (Wildman–Crippen LogP) is 0.686. The van der Waals surface area contributed by atoms with Crippen LogP contribution < -0.4 is 5.56 Å². The SMILES string of the molecule is O=c1c(I)cncn1Cc1ncccn1. The molecule has 0 aromatic carbocycles. The molecule has 0 unspecified atom stereocenters. The van der Waals surface area contributed by atoms with Crippen LogP contribution in [-0.4, -0.2) is 19.5 Å². The van der Waals surface area contributed by atoms with Crippen molar-refractivity contribution >= 4 is 22.6 Å². The first-order chi connectivity index (χ1) is 7.27. The molecular weight excluding hydrogens is 307 g/mol. The van der Waals surface area contributed by atoms with Crippen molar-refractivity contribution in [1.82, 2.24) is 19.5 Å². The molecule has 2 aromatic rings. The van der Waals surface area contributed by atoms with E-state index in [-0.39, 0.29) is 5.56 Å².